The Kier molecular flexibility index (Phi) is 4.29. The lowest BCUT2D eigenvalue weighted by Gasteiger charge is -2.36. The third kappa shape index (κ3) is 2.94. The first-order valence-corrected chi connectivity index (χ1v) is 6.12. The number of amides is 1. The molecule has 1 aromatic carbocycles. The van der Waals surface area contributed by atoms with E-state index in [-0.39, 0.29) is 25.8 Å². The molecule has 1 aliphatic rings. The molecule has 7 heteroatoms. The lowest BCUT2D eigenvalue weighted by molar-refractivity contribution is -0.0860. The zero-order valence-corrected chi connectivity index (χ0v) is 10.8. The second-order valence-electron chi connectivity index (χ2n) is 4.71. The number of aliphatic hydroxyl groups excluding tert-OH is 1. The molecule has 2 rings (SSSR count). The molecule has 0 radical (unpaired) electrons. The first-order valence-electron chi connectivity index (χ1n) is 6.12. The second-order valence-corrected chi connectivity index (χ2v) is 4.71. The van der Waals surface area contributed by atoms with Gasteiger partial charge >= 0.3 is 0 Å². The minimum Gasteiger partial charge on any atom is -0.394 e. The molecule has 0 spiro atoms. The molecule has 0 bridgehead atoms. The summed E-state index contributed by atoms with van der Waals surface area (Å²) >= 11 is 0. The molecule has 0 aliphatic carbocycles. The summed E-state index contributed by atoms with van der Waals surface area (Å²) in [5.74, 6) is -4.45. The van der Waals surface area contributed by atoms with Crippen LogP contribution in [0.5, 0.6) is 0 Å². The summed E-state index contributed by atoms with van der Waals surface area (Å²) < 4.78 is 45.3. The summed E-state index contributed by atoms with van der Waals surface area (Å²) in [7, 11) is 0. The van der Waals surface area contributed by atoms with Crippen LogP contribution in [0, 0.1) is 17.5 Å². The van der Waals surface area contributed by atoms with Crippen molar-refractivity contribution < 1.29 is 27.8 Å². The molecule has 1 N–H and O–H groups in total. The number of rotatable bonds is 2. The number of nitrogens with zero attached hydrogens (tertiary/aromatic N) is 1. The fourth-order valence-corrected chi connectivity index (χ4v) is 2.22. The Morgan fingerprint density at radius 2 is 1.95 bits per heavy atom. The van der Waals surface area contributed by atoms with Gasteiger partial charge in [0.15, 0.2) is 0 Å². The van der Waals surface area contributed by atoms with Crippen LogP contribution in [0.3, 0.4) is 0 Å². The van der Waals surface area contributed by atoms with Gasteiger partial charge in [-0.2, -0.15) is 0 Å². The Morgan fingerprint density at radius 3 is 2.50 bits per heavy atom. The zero-order valence-electron chi connectivity index (χ0n) is 10.8. The molecule has 0 saturated carbocycles. The van der Waals surface area contributed by atoms with Crippen molar-refractivity contribution in [1.82, 2.24) is 4.90 Å². The molecule has 1 fully saturated rings. The van der Waals surface area contributed by atoms with Crippen molar-refractivity contribution in [2.75, 3.05) is 19.7 Å². The highest BCUT2D eigenvalue weighted by Gasteiger charge is 2.31. The summed E-state index contributed by atoms with van der Waals surface area (Å²) in [6.45, 7) is 1.55. The molecule has 2 atom stereocenters. The molecule has 1 aromatic rings. The summed E-state index contributed by atoms with van der Waals surface area (Å²) in [5.41, 5.74) is -0.794. The lowest BCUT2D eigenvalue weighted by Crippen LogP contribution is -2.50. The van der Waals surface area contributed by atoms with Crippen LogP contribution >= 0.6 is 0 Å². The van der Waals surface area contributed by atoms with Crippen LogP contribution in [0.4, 0.5) is 13.2 Å². The highest BCUT2D eigenvalue weighted by Crippen LogP contribution is 2.20. The van der Waals surface area contributed by atoms with Gasteiger partial charge in [-0.15, -0.1) is 0 Å². The Bertz CT molecular complexity index is 501. The van der Waals surface area contributed by atoms with Gasteiger partial charge in [-0.1, -0.05) is 0 Å². The van der Waals surface area contributed by atoms with Gasteiger partial charge in [0.2, 0.25) is 0 Å². The minimum absolute atomic E-state index is 0.0237. The fourth-order valence-electron chi connectivity index (χ4n) is 2.22. The maximum Gasteiger partial charge on any atom is 0.260 e. The molecule has 2 unspecified atom stereocenters. The van der Waals surface area contributed by atoms with Crippen molar-refractivity contribution in [2.24, 2.45) is 0 Å². The van der Waals surface area contributed by atoms with Gasteiger partial charge in [-0.3, -0.25) is 4.79 Å². The van der Waals surface area contributed by atoms with Gasteiger partial charge in [0, 0.05) is 25.2 Å². The zero-order chi connectivity index (χ0) is 14.9. The van der Waals surface area contributed by atoms with Crippen LogP contribution in [0.15, 0.2) is 12.1 Å². The molecular weight excluding hydrogens is 275 g/mol. The molecule has 0 aromatic heterocycles. The van der Waals surface area contributed by atoms with Gasteiger partial charge in [0.05, 0.1) is 18.8 Å². The van der Waals surface area contributed by atoms with E-state index < -0.39 is 35.0 Å². The van der Waals surface area contributed by atoms with Crippen molar-refractivity contribution in [3.05, 3.63) is 35.1 Å². The molecule has 1 heterocycles. The Hall–Kier alpha value is -1.60. The molecule has 20 heavy (non-hydrogen) atoms. The fraction of sp³-hybridized carbons (Fsp3) is 0.462. The Labute approximate surface area is 113 Å². The maximum absolute atomic E-state index is 13.6. The quantitative estimate of drug-likeness (QED) is 0.893. The van der Waals surface area contributed by atoms with Crippen LogP contribution in [0.25, 0.3) is 0 Å². The first-order chi connectivity index (χ1) is 9.42. The van der Waals surface area contributed by atoms with Crippen molar-refractivity contribution in [2.45, 2.75) is 19.1 Å². The van der Waals surface area contributed by atoms with E-state index in [0.29, 0.717) is 12.1 Å². The van der Waals surface area contributed by atoms with E-state index in [1.54, 1.807) is 6.92 Å². The average molecular weight is 289 g/mol. The topological polar surface area (TPSA) is 49.8 Å². The summed E-state index contributed by atoms with van der Waals surface area (Å²) in [4.78, 5) is 13.3. The molecule has 4 nitrogen and oxygen atoms in total. The number of carbonyl (C=O) groups excluding carboxylic acids is 1. The number of morpholine rings is 1. The van der Waals surface area contributed by atoms with Gasteiger partial charge < -0.3 is 14.7 Å². The number of hydrogen-bond acceptors (Lipinski definition) is 3. The monoisotopic (exact) mass is 289 g/mol. The van der Waals surface area contributed by atoms with Crippen LogP contribution in [-0.2, 0) is 4.74 Å². The van der Waals surface area contributed by atoms with Crippen LogP contribution in [0.2, 0.25) is 0 Å². The molecular formula is C13H14F3NO3. The van der Waals surface area contributed by atoms with Gasteiger partial charge in [0.1, 0.15) is 23.0 Å². The SMILES string of the molecule is CC1CN(C(=O)c2c(F)cc(F)cc2F)CC(CO)O1. The number of ether oxygens (including phenoxy) is 1. The number of aliphatic hydroxyl groups is 1. The van der Waals surface area contributed by atoms with E-state index in [1.807, 2.05) is 0 Å². The summed E-state index contributed by atoms with van der Waals surface area (Å²) in [5, 5.41) is 9.06. The normalized spacial score (nSPS) is 22.9. The predicted molar refractivity (Wildman–Crippen MR) is 63.6 cm³/mol. The first kappa shape index (κ1) is 14.8. The molecule has 1 aliphatic heterocycles. The lowest BCUT2D eigenvalue weighted by atomic mass is 10.1. The van der Waals surface area contributed by atoms with Gasteiger partial charge in [0.25, 0.3) is 5.91 Å². The Balaban J connectivity index is 2.27. The van der Waals surface area contributed by atoms with Crippen LogP contribution < -0.4 is 0 Å². The minimum atomic E-state index is -1.24. The largest absolute Gasteiger partial charge is 0.394 e. The van der Waals surface area contributed by atoms with E-state index in [4.69, 9.17) is 9.84 Å². The number of halogens is 3. The van der Waals surface area contributed by atoms with Gasteiger partial charge in [-0.05, 0) is 6.92 Å². The van der Waals surface area contributed by atoms with Crippen molar-refractivity contribution >= 4 is 5.91 Å². The second kappa shape index (κ2) is 5.80. The van der Waals surface area contributed by atoms with Crippen molar-refractivity contribution in [3.8, 4) is 0 Å². The van der Waals surface area contributed by atoms with Crippen molar-refractivity contribution in [1.29, 1.82) is 0 Å². The molecule has 1 amide bonds. The number of hydrogen-bond donors (Lipinski definition) is 1. The highest BCUT2D eigenvalue weighted by molar-refractivity contribution is 5.94. The van der Waals surface area contributed by atoms with E-state index in [0.717, 1.165) is 0 Å². The van der Waals surface area contributed by atoms with Gasteiger partial charge in [-0.25, -0.2) is 13.2 Å². The van der Waals surface area contributed by atoms with E-state index in [9.17, 15) is 18.0 Å². The highest BCUT2D eigenvalue weighted by atomic mass is 19.1. The molecule has 110 valence electrons. The third-order valence-electron chi connectivity index (χ3n) is 3.04. The smallest absolute Gasteiger partial charge is 0.260 e. The van der Waals surface area contributed by atoms with E-state index >= 15 is 0 Å². The third-order valence-corrected chi connectivity index (χ3v) is 3.04. The average Bonchev–Trinajstić information content (AvgIpc) is 2.36. The van der Waals surface area contributed by atoms with E-state index in [1.165, 1.54) is 4.90 Å². The summed E-state index contributed by atoms with van der Waals surface area (Å²) in [6, 6.07) is 0.924. The maximum atomic E-state index is 13.6. The standard InChI is InChI=1S/C13H14F3NO3/c1-7-4-17(5-9(6-18)20-7)13(19)12-10(15)2-8(14)3-11(12)16/h2-3,7,9,18H,4-6H2,1H3. The van der Waals surface area contributed by atoms with Crippen LogP contribution in [-0.4, -0.2) is 47.8 Å². The number of carbonyl (C=O) groups is 1. The summed E-state index contributed by atoms with van der Waals surface area (Å²) in [6.07, 6.45) is -0.967. The van der Waals surface area contributed by atoms with E-state index in [2.05, 4.69) is 0 Å². The van der Waals surface area contributed by atoms with Crippen molar-refractivity contribution in [3.63, 3.8) is 0 Å². The predicted octanol–water partition coefficient (Wildman–Crippen LogP) is 1.33. The number of benzene rings is 1. The van der Waals surface area contributed by atoms with Crippen LogP contribution in [0.1, 0.15) is 17.3 Å². The Morgan fingerprint density at radius 1 is 1.35 bits per heavy atom. The molecule has 1 saturated heterocycles.